The Hall–Kier alpha value is -2.08. The van der Waals surface area contributed by atoms with Crippen molar-refractivity contribution in [3.63, 3.8) is 0 Å². The molecular formula is C22H24. The standard InChI is InChI=1S/C22H24/c1-15-16(2)18(4)21(17(15)3)22(19-11-7-5-8-12-19)20-13-9-6-10-14-20/h5-14,21-22H,1-4H3. The van der Waals surface area contributed by atoms with Gasteiger partial charge in [0.15, 0.2) is 0 Å². The Labute approximate surface area is 134 Å². The van der Waals surface area contributed by atoms with Crippen molar-refractivity contribution in [1.82, 2.24) is 0 Å². The fourth-order valence-corrected chi connectivity index (χ4v) is 3.78. The Morgan fingerprint density at radius 1 is 0.591 bits per heavy atom. The van der Waals surface area contributed by atoms with Gasteiger partial charge in [-0.1, -0.05) is 71.8 Å². The highest BCUT2D eigenvalue weighted by molar-refractivity contribution is 5.51. The zero-order chi connectivity index (χ0) is 15.7. The molecule has 0 nitrogen and oxygen atoms in total. The molecular weight excluding hydrogens is 264 g/mol. The molecule has 2 aromatic carbocycles. The molecule has 0 aliphatic heterocycles. The molecule has 0 atom stereocenters. The fraction of sp³-hybridized carbons (Fsp3) is 0.273. The molecule has 0 saturated carbocycles. The second-order valence-electron chi connectivity index (χ2n) is 6.39. The number of allylic oxidation sites excluding steroid dienone is 4. The van der Waals surface area contributed by atoms with Crippen molar-refractivity contribution in [3.8, 4) is 0 Å². The molecule has 0 aromatic heterocycles. The summed E-state index contributed by atoms with van der Waals surface area (Å²) in [6, 6.07) is 21.9. The van der Waals surface area contributed by atoms with Crippen LogP contribution in [-0.4, -0.2) is 0 Å². The second kappa shape index (κ2) is 5.96. The molecule has 3 rings (SSSR count). The number of benzene rings is 2. The topological polar surface area (TPSA) is 0 Å². The zero-order valence-corrected chi connectivity index (χ0v) is 13.9. The molecule has 0 unspecified atom stereocenters. The first kappa shape index (κ1) is 14.8. The predicted octanol–water partition coefficient (Wildman–Crippen LogP) is 6.12. The SMILES string of the molecule is CC1=C(C)C(C(c2ccccc2)c2ccccc2)C(C)=C1C. The molecule has 0 fully saturated rings. The Balaban J connectivity index is 2.16. The number of rotatable bonds is 3. The zero-order valence-electron chi connectivity index (χ0n) is 13.9. The summed E-state index contributed by atoms with van der Waals surface area (Å²) in [5.41, 5.74) is 8.79. The summed E-state index contributed by atoms with van der Waals surface area (Å²) in [5.74, 6) is 0.875. The van der Waals surface area contributed by atoms with Crippen LogP contribution in [0.5, 0.6) is 0 Å². The van der Waals surface area contributed by atoms with Crippen LogP contribution >= 0.6 is 0 Å². The van der Waals surface area contributed by atoms with Gasteiger partial charge in [0.2, 0.25) is 0 Å². The minimum absolute atomic E-state index is 0.398. The molecule has 0 heterocycles. The highest BCUT2D eigenvalue weighted by atomic mass is 14.4. The van der Waals surface area contributed by atoms with E-state index >= 15 is 0 Å². The first-order valence-electron chi connectivity index (χ1n) is 8.06. The van der Waals surface area contributed by atoms with Crippen molar-refractivity contribution in [1.29, 1.82) is 0 Å². The quantitative estimate of drug-likeness (QED) is 0.638. The van der Waals surface area contributed by atoms with Crippen LogP contribution in [-0.2, 0) is 0 Å². The van der Waals surface area contributed by atoms with Gasteiger partial charge in [-0.3, -0.25) is 0 Å². The first-order chi connectivity index (χ1) is 10.6. The lowest BCUT2D eigenvalue weighted by molar-refractivity contribution is 0.624. The van der Waals surface area contributed by atoms with Crippen LogP contribution in [0, 0.1) is 5.92 Å². The van der Waals surface area contributed by atoms with Gasteiger partial charge >= 0.3 is 0 Å². The van der Waals surface area contributed by atoms with E-state index in [-0.39, 0.29) is 0 Å². The maximum Gasteiger partial charge on any atom is 0.0192 e. The van der Waals surface area contributed by atoms with Gasteiger partial charge in [-0.05, 0) is 50.0 Å². The molecule has 0 amide bonds. The third-order valence-electron chi connectivity index (χ3n) is 5.33. The van der Waals surface area contributed by atoms with E-state index in [9.17, 15) is 0 Å². The van der Waals surface area contributed by atoms with Crippen LogP contribution in [0.1, 0.15) is 44.7 Å². The summed E-state index contributed by atoms with van der Waals surface area (Å²) in [4.78, 5) is 0. The molecule has 0 N–H and O–H groups in total. The summed E-state index contributed by atoms with van der Waals surface area (Å²) < 4.78 is 0. The van der Waals surface area contributed by atoms with Crippen LogP contribution in [0.2, 0.25) is 0 Å². The lowest BCUT2D eigenvalue weighted by Crippen LogP contribution is -2.15. The number of hydrogen-bond donors (Lipinski definition) is 0. The van der Waals surface area contributed by atoms with Gasteiger partial charge in [-0.25, -0.2) is 0 Å². The van der Waals surface area contributed by atoms with Gasteiger partial charge in [-0.15, -0.1) is 0 Å². The lowest BCUT2D eigenvalue weighted by atomic mass is 9.75. The Morgan fingerprint density at radius 2 is 0.955 bits per heavy atom. The molecule has 0 saturated heterocycles. The van der Waals surface area contributed by atoms with Crippen molar-refractivity contribution >= 4 is 0 Å². The summed E-state index contributed by atoms with van der Waals surface area (Å²) in [7, 11) is 0. The maximum absolute atomic E-state index is 2.30. The molecule has 0 heteroatoms. The normalized spacial score (nSPS) is 16.0. The van der Waals surface area contributed by atoms with Crippen LogP contribution in [0.3, 0.4) is 0 Å². The summed E-state index contributed by atoms with van der Waals surface area (Å²) in [6.45, 7) is 9.14. The highest BCUT2D eigenvalue weighted by Gasteiger charge is 2.33. The lowest BCUT2D eigenvalue weighted by Gasteiger charge is -2.28. The smallest absolute Gasteiger partial charge is 0.0192 e. The fourth-order valence-electron chi connectivity index (χ4n) is 3.78. The molecule has 0 bridgehead atoms. The van der Waals surface area contributed by atoms with Crippen molar-refractivity contribution < 1.29 is 0 Å². The van der Waals surface area contributed by atoms with E-state index in [4.69, 9.17) is 0 Å². The Morgan fingerprint density at radius 3 is 1.32 bits per heavy atom. The van der Waals surface area contributed by atoms with Crippen LogP contribution in [0.15, 0.2) is 83.0 Å². The summed E-state index contributed by atoms with van der Waals surface area (Å²) >= 11 is 0. The first-order valence-corrected chi connectivity index (χ1v) is 8.06. The molecule has 2 aromatic rings. The Kier molecular flexibility index (Phi) is 4.02. The van der Waals surface area contributed by atoms with Gasteiger partial charge in [-0.2, -0.15) is 0 Å². The van der Waals surface area contributed by atoms with Crippen molar-refractivity contribution in [3.05, 3.63) is 94.1 Å². The second-order valence-corrected chi connectivity index (χ2v) is 6.39. The summed E-state index contributed by atoms with van der Waals surface area (Å²) in [6.07, 6.45) is 0. The minimum Gasteiger partial charge on any atom is -0.0622 e. The van der Waals surface area contributed by atoms with E-state index in [0.717, 1.165) is 0 Å². The predicted molar refractivity (Wildman–Crippen MR) is 95.0 cm³/mol. The third kappa shape index (κ3) is 2.43. The van der Waals surface area contributed by atoms with E-state index in [2.05, 4.69) is 88.4 Å². The van der Waals surface area contributed by atoms with E-state index in [1.165, 1.54) is 33.4 Å². The molecule has 1 aliphatic rings. The van der Waals surface area contributed by atoms with Crippen molar-refractivity contribution in [2.24, 2.45) is 5.92 Å². The van der Waals surface area contributed by atoms with E-state index in [1.54, 1.807) is 0 Å². The van der Waals surface area contributed by atoms with Gasteiger partial charge < -0.3 is 0 Å². The highest BCUT2D eigenvalue weighted by Crippen LogP contribution is 2.47. The third-order valence-corrected chi connectivity index (χ3v) is 5.33. The van der Waals surface area contributed by atoms with Crippen LogP contribution in [0.4, 0.5) is 0 Å². The van der Waals surface area contributed by atoms with E-state index in [0.29, 0.717) is 11.8 Å². The van der Waals surface area contributed by atoms with Crippen molar-refractivity contribution in [2.45, 2.75) is 33.6 Å². The van der Waals surface area contributed by atoms with Gasteiger partial charge in [0.05, 0.1) is 0 Å². The molecule has 22 heavy (non-hydrogen) atoms. The summed E-state index contributed by atoms with van der Waals surface area (Å²) in [5, 5.41) is 0. The van der Waals surface area contributed by atoms with E-state index < -0.39 is 0 Å². The molecule has 0 radical (unpaired) electrons. The Bertz CT molecular complexity index is 654. The number of hydrogen-bond acceptors (Lipinski definition) is 0. The molecule has 0 spiro atoms. The average molecular weight is 288 g/mol. The van der Waals surface area contributed by atoms with Crippen LogP contribution < -0.4 is 0 Å². The van der Waals surface area contributed by atoms with Gasteiger partial charge in [0, 0.05) is 11.8 Å². The van der Waals surface area contributed by atoms with E-state index in [1.807, 2.05) is 0 Å². The van der Waals surface area contributed by atoms with Crippen LogP contribution in [0.25, 0.3) is 0 Å². The minimum atomic E-state index is 0.398. The average Bonchev–Trinajstić information content (AvgIpc) is 2.75. The van der Waals surface area contributed by atoms with Gasteiger partial charge in [0.1, 0.15) is 0 Å². The van der Waals surface area contributed by atoms with Crippen molar-refractivity contribution in [2.75, 3.05) is 0 Å². The van der Waals surface area contributed by atoms with Gasteiger partial charge in [0.25, 0.3) is 0 Å². The monoisotopic (exact) mass is 288 g/mol. The maximum atomic E-state index is 2.30. The molecule has 1 aliphatic carbocycles. The largest absolute Gasteiger partial charge is 0.0622 e. The molecule has 112 valence electrons.